The van der Waals surface area contributed by atoms with Crippen molar-refractivity contribution in [3.05, 3.63) is 41.7 Å². The molecule has 6 heteroatoms. The summed E-state index contributed by atoms with van der Waals surface area (Å²) in [5, 5.41) is 13.6. The fourth-order valence-corrected chi connectivity index (χ4v) is 3.23. The second-order valence-corrected chi connectivity index (χ2v) is 5.92. The van der Waals surface area contributed by atoms with E-state index in [4.69, 9.17) is 10.2 Å². The molecule has 1 aliphatic heterocycles. The Balaban J connectivity index is 1.79. The van der Waals surface area contributed by atoms with Gasteiger partial charge in [0.15, 0.2) is 0 Å². The van der Waals surface area contributed by atoms with Gasteiger partial charge in [-0.05, 0) is 26.0 Å². The Morgan fingerprint density at radius 3 is 2.39 bits per heavy atom. The van der Waals surface area contributed by atoms with Crippen molar-refractivity contribution in [2.75, 3.05) is 37.6 Å². The lowest BCUT2D eigenvalue weighted by Crippen LogP contribution is -2.48. The highest BCUT2D eigenvalue weighted by Gasteiger charge is 2.24. The van der Waals surface area contributed by atoms with Gasteiger partial charge in [0.2, 0.25) is 0 Å². The number of para-hydroxylation sites is 1. The third-order valence-electron chi connectivity index (χ3n) is 4.30. The van der Waals surface area contributed by atoms with Crippen molar-refractivity contribution in [3.63, 3.8) is 0 Å². The van der Waals surface area contributed by atoms with Crippen LogP contribution in [0.4, 0.5) is 5.69 Å². The number of carboxylic acids is 1. The Morgan fingerprint density at radius 1 is 1.13 bits per heavy atom. The highest BCUT2D eigenvalue weighted by molar-refractivity contribution is 5.69. The Labute approximate surface area is 135 Å². The molecule has 1 aromatic carbocycles. The highest BCUT2D eigenvalue weighted by Crippen LogP contribution is 2.27. The molecule has 1 saturated heterocycles. The fraction of sp³-hybridized carbons (Fsp3) is 0.412. The standard InChI is InChI=1S/C17H22N4O2/c1-13-17(20-10-8-19(9-11-20)12-16(22)23)14(2)21(18-13)15-6-4-3-5-7-15/h3-7H,8-12H2,1-2H3,(H,22,23). The Kier molecular flexibility index (Phi) is 4.34. The molecule has 1 aromatic heterocycles. The topological polar surface area (TPSA) is 61.6 Å². The molecule has 0 aliphatic carbocycles. The molecule has 1 aliphatic rings. The summed E-state index contributed by atoms with van der Waals surface area (Å²) in [7, 11) is 0. The maximum atomic E-state index is 10.8. The first-order valence-corrected chi connectivity index (χ1v) is 7.87. The van der Waals surface area contributed by atoms with Crippen molar-refractivity contribution in [1.82, 2.24) is 14.7 Å². The van der Waals surface area contributed by atoms with E-state index in [9.17, 15) is 4.79 Å². The Morgan fingerprint density at radius 2 is 1.78 bits per heavy atom. The first-order valence-electron chi connectivity index (χ1n) is 7.87. The highest BCUT2D eigenvalue weighted by atomic mass is 16.4. The minimum Gasteiger partial charge on any atom is -0.480 e. The average Bonchev–Trinajstić information content (AvgIpc) is 2.83. The summed E-state index contributed by atoms with van der Waals surface area (Å²) in [6.07, 6.45) is 0. The molecule has 0 amide bonds. The Hall–Kier alpha value is -2.34. The van der Waals surface area contributed by atoms with Crippen molar-refractivity contribution in [1.29, 1.82) is 0 Å². The van der Waals surface area contributed by atoms with Crippen LogP contribution in [0.25, 0.3) is 5.69 Å². The zero-order valence-electron chi connectivity index (χ0n) is 13.6. The normalized spacial score (nSPS) is 15.8. The monoisotopic (exact) mass is 314 g/mol. The van der Waals surface area contributed by atoms with Crippen LogP contribution >= 0.6 is 0 Å². The zero-order chi connectivity index (χ0) is 16.4. The van der Waals surface area contributed by atoms with Gasteiger partial charge in [-0.15, -0.1) is 0 Å². The molecule has 2 aromatic rings. The lowest BCUT2D eigenvalue weighted by atomic mass is 10.2. The van der Waals surface area contributed by atoms with Gasteiger partial charge >= 0.3 is 5.97 Å². The zero-order valence-corrected chi connectivity index (χ0v) is 13.6. The van der Waals surface area contributed by atoms with Gasteiger partial charge in [-0.2, -0.15) is 5.10 Å². The molecule has 0 radical (unpaired) electrons. The SMILES string of the molecule is Cc1nn(-c2ccccc2)c(C)c1N1CCN(CC(=O)O)CC1. The van der Waals surface area contributed by atoms with Crippen LogP contribution in [0.15, 0.2) is 30.3 Å². The van der Waals surface area contributed by atoms with E-state index in [0.29, 0.717) is 0 Å². The summed E-state index contributed by atoms with van der Waals surface area (Å²) in [5.41, 5.74) is 4.37. The lowest BCUT2D eigenvalue weighted by molar-refractivity contribution is -0.138. The summed E-state index contributed by atoms with van der Waals surface area (Å²) in [4.78, 5) is 15.1. The number of rotatable bonds is 4. The van der Waals surface area contributed by atoms with Gasteiger partial charge in [0, 0.05) is 26.2 Å². The first-order chi connectivity index (χ1) is 11.1. The van der Waals surface area contributed by atoms with Gasteiger partial charge in [0.1, 0.15) is 0 Å². The molecular formula is C17H22N4O2. The van der Waals surface area contributed by atoms with Crippen LogP contribution < -0.4 is 4.90 Å². The van der Waals surface area contributed by atoms with Crippen LogP contribution in [0.2, 0.25) is 0 Å². The molecule has 0 saturated carbocycles. The number of hydrogen-bond donors (Lipinski definition) is 1. The number of carbonyl (C=O) groups is 1. The fourth-order valence-electron chi connectivity index (χ4n) is 3.23. The van der Waals surface area contributed by atoms with Gasteiger partial charge in [-0.25, -0.2) is 4.68 Å². The summed E-state index contributed by atoms with van der Waals surface area (Å²) < 4.78 is 1.98. The van der Waals surface area contributed by atoms with E-state index in [1.165, 1.54) is 5.69 Å². The molecule has 0 spiro atoms. The van der Waals surface area contributed by atoms with Crippen LogP contribution in [0.3, 0.4) is 0 Å². The molecule has 0 atom stereocenters. The maximum absolute atomic E-state index is 10.8. The van der Waals surface area contributed by atoms with E-state index in [1.54, 1.807) is 0 Å². The molecule has 1 N–H and O–H groups in total. The number of anilines is 1. The number of nitrogens with zero attached hydrogens (tertiary/aromatic N) is 4. The van der Waals surface area contributed by atoms with Gasteiger partial charge in [0.05, 0.1) is 29.3 Å². The number of hydrogen-bond acceptors (Lipinski definition) is 4. The third-order valence-corrected chi connectivity index (χ3v) is 4.30. The molecule has 0 bridgehead atoms. The Bertz CT molecular complexity index is 688. The smallest absolute Gasteiger partial charge is 0.317 e. The maximum Gasteiger partial charge on any atom is 0.317 e. The minimum absolute atomic E-state index is 0.120. The van der Waals surface area contributed by atoms with Gasteiger partial charge in [0.25, 0.3) is 0 Å². The predicted octanol–water partition coefficient (Wildman–Crippen LogP) is 1.70. The second-order valence-electron chi connectivity index (χ2n) is 5.92. The molecule has 1 fully saturated rings. The van der Waals surface area contributed by atoms with E-state index in [1.807, 2.05) is 46.8 Å². The van der Waals surface area contributed by atoms with E-state index in [-0.39, 0.29) is 6.54 Å². The van der Waals surface area contributed by atoms with E-state index in [0.717, 1.165) is 43.3 Å². The van der Waals surface area contributed by atoms with Crippen LogP contribution in [0.1, 0.15) is 11.4 Å². The molecule has 0 unspecified atom stereocenters. The van der Waals surface area contributed by atoms with E-state index < -0.39 is 5.97 Å². The van der Waals surface area contributed by atoms with Crippen LogP contribution in [-0.2, 0) is 4.79 Å². The lowest BCUT2D eigenvalue weighted by Gasteiger charge is -2.35. The van der Waals surface area contributed by atoms with Crippen molar-refractivity contribution in [2.45, 2.75) is 13.8 Å². The van der Waals surface area contributed by atoms with E-state index in [2.05, 4.69) is 11.8 Å². The number of aryl methyl sites for hydroxylation is 1. The number of carboxylic acid groups (broad SMARTS) is 1. The van der Waals surface area contributed by atoms with Crippen LogP contribution in [0, 0.1) is 13.8 Å². The quantitative estimate of drug-likeness (QED) is 0.930. The van der Waals surface area contributed by atoms with Gasteiger partial charge < -0.3 is 10.0 Å². The molecule has 122 valence electrons. The number of aliphatic carboxylic acids is 1. The number of aromatic nitrogens is 2. The molecule has 2 heterocycles. The average molecular weight is 314 g/mol. The summed E-state index contributed by atoms with van der Waals surface area (Å²) in [5.74, 6) is -0.761. The summed E-state index contributed by atoms with van der Waals surface area (Å²) >= 11 is 0. The van der Waals surface area contributed by atoms with Gasteiger partial charge in [-0.1, -0.05) is 18.2 Å². The van der Waals surface area contributed by atoms with Crippen molar-refractivity contribution >= 4 is 11.7 Å². The van der Waals surface area contributed by atoms with Gasteiger partial charge in [-0.3, -0.25) is 9.69 Å². The summed E-state index contributed by atoms with van der Waals surface area (Å²) in [6.45, 7) is 7.43. The molecule has 3 rings (SSSR count). The third kappa shape index (κ3) is 3.22. The summed E-state index contributed by atoms with van der Waals surface area (Å²) in [6, 6.07) is 10.1. The van der Waals surface area contributed by atoms with Crippen LogP contribution in [-0.4, -0.2) is 58.5 Å². The predicted molar refractivity (Wildman–Crippen MR) is 89.3 cm³/mol. The molecule has 6 nitrogen and oxygen atoms in total. The van der Waals surface area contributed by atoms with Crippen molar-refractivity contribution < 1.29 is 9.90 Å². The first kappa shape index (κ1) is 15.6. The largest absolute Gasteiger partial charge is 0.480 e. The minimum atomic E-state index is -0.761. The number of benzene rings is 1. The number of piperazine rings is 1. The molecular weight excluding hydrogens is 292 g/mol. The van der Waals surface area contributed by atoms with E-state index >= 15 is 0 Å². The second kappa shape index (κ2) is 6.42. The van der Waals surface area contributed by atoms with Crippen molar-refractivity contribution in [3.8, 4) is 5.69 Å². The van der Waals surface area contributed by atoms with Crippen molar-refractivity contribution in [2.24, 2.45) is 0 Å². The molecule has 23 heavy (non-hydrogen) atoms. The van der Waals surface area contributed by atoms with Crippen LogP contribution in [0.5, 0.6) is 0 Å².